The van der Waals surface area contributed by atoms with Crippen LogP contribution in [0.25, 0.3) is 11.1 Å². The minimum Gasteiger partial charge on any atom is -0.425 e. The smallest absolute Gasteiger partial charge is 0.316 e. The number of hydrogen-bond donors (Lipinski definition) is 0. The van der Waals surface area contributed by atoms with Crippen molar-refractivity contribution in [2.45, 2.75) is 27.7 Å². The molecule has 110 valence electrons. The van der Waals surface area contributed by atoms with Crippen molar-refractivity contribution in [2.75, 3.05) is 0 Å². The van der Waals surface area contributed by atoms with Gasteiger partial charge in [0.15, 0.2) is 0 Å². The zero-order valence-electron chi connectivity index (χ0n) is 12.7. The first-order valence-electron chi connectivity index (χ1n) is 6.87. The number of benzene rings is 2. The molecule has 0 aliphatic carbocycles. The minimum atomic E-state index is -0.556. The Morgan fingerprint density at radius 2 is 1.71 bits per heavy atom. The van der Waals surface area contributed by atoms with Crippen LogP contribution in [0, 0.1) is 12.3 Å². The molecule has 0 unspecified atom stereocenters. The molecule has 3 heteroatoms. The molecule has 0 spiro atoms. The van der Waals surface area contributed by atoms with Crippen molar-refractivity contribution in [1.29, 1.82) is 0 Å². The summed E-state index contributed by atoms with van der Waals surface area (Å²) in [5, 5.41) is 0.627. The highest BCUT2D eigenvalue weighted by atomic mass is 35.5. The maximum atomic E-state index is 12.2. The van der Waals surface area contributed by atoms with Gasteiger partial charge in [0.25, 0.3) is 0 Å². The zero-order valence-corrected chi connectivity index (χ0v) is 13.5. The van der Waals surface area contributed by atoms with Crippen LogP contribution in [0.15, 0.2) is 42.5 Å². The quantitative estimate of drug-likeness (QED) is 0.558. The zero-order chi connectivity index (χ0) is 15.6. The number of hydrogen-bond acceptors (Lipinski definition) is 2. The van der Waals surface area contributed by atoms with E-state index in [4.69, 9.17) is 16.3 Å². The molecular weight excluding hydrogens is 284 g/mol. The lowest BCUT2D eigenvalue weighted by molar-refractivity contribution is -0.143. The number of aryl methyl sites for hydroxylation is 1. The summed E-state index contributed by atoms with van der Waals surface area (Å²) >= 11 is 6.16. The van der Waals surface area contributed by atoms with Crippen LogP contribution in [0.3, 0.4) is 0 Å². The number of ether oxygens (including phenoxy) is 1. The van der Waals surface area contributed by atoms with Gasteiger partial charge in [-0.3, -0.25) is 4.79 Å². The van der Waals surface area contributed by atoms with Crippen LogP contribution in [-0.4, -0.2) is 5.97 Å². The summed E-state index contributed by atoms with van der Waals surface area (Å²) in [4.78, 5) is 12.2. The second-order valence-corrected chi connectivity index (χ2v) is 6.54. The Morgan fingerprint density at radius 3 is 2.29 bits per heavy atom. The predicted molar refractivity (Wildman–Crippen MR) is 86.7 cm³/mol. The summed E-state index contributed by atoms with van der Waals surface area (Å²) in [5.41, 5.74) is 2.09. The first kappa shape index (κ1) is 15.6. The van der Waals surface area contributed by atoms with Crippen LogP contribution in [-0.2, 0) is 4.79 Å². The second-order valence-electron chi connectivity index (χ2n) is 6.10. The van der Waals surface area contributed by atoms with Crippen molar-refractivity contribution in [3.8, 4) is 16.9 Å². The van der Waals surface area contributed by atoms with Crippen molar-refractivity contribution in [3.63, 3.8) is 0 Å². The Bertz CT molecular complexity index is 655. The molecule has 2 rings (SSSR count). The van der Waals surface area contributed by atoms with Gasteiger partial charge in [-0.25, -0.2) is 0 Å². The van der Waals surface area contributed by atoms with Crippen molar-refractivity contribution < 1.29 is 9.53 Å². The largest absolute Gasteiger partial charge is 0.425 e. The van der Waals surface area contributed by atoms with Crippen LogP contribution >= 0.6 is 11.6 Å². The molecule has 0 atom stereocenters. The number of carbonyl (C=O) groups excluding carboxylic acids is 1. The van der Waals surface area contributed by atoms with E-state index in [0.717, 1.165) is 16.7 Å². The Balaban J connectivity index is 2.53. The van der Waals surface area contributed by atoms with Crippen molar-refractivity contribution in [2.24, 2.45) is 5.41 Å². The lowest BCUT2D eigenvalue weighted by atomic mass is 9.97. The highest BCUT2D eigenvalue weighted by molar-refractivity contribution is 6.31. The van der Waals surface area contributed by atoms with E-state index in [1.54, 1.807) is 6.07 Å². The predicted octanol–water partition coefficient (Wildman–Crippen LogP) is 5.27. The molecule has 0 aromatic heterocycles. The monoisotopic (exact) mass is 302 g/mol. The number of carbonyl (C=O) groups is 1. The molecule has 0 radical (unpaired) electrons. The van der Waals surface area contributed by atoms with Crippen molar-refractivity contribution >= 4 is 17.6 Å². The van der Waals surface area contributed by atoms with Gasteiger partial charge in [-0.2, -0.15) is 0 Å². The molecule has 0 aliphatic heterocycles. The molecule has 0 amide bonds. The third-order valence-corrected chi connectivity index (χ3v) is 3.35. The summed E-state index contributed by atoms with van der Waals surface area (Å²) < 4.78 is 5.65. The van der Waals surface area contributed by atoms with Gasteiger partial charge in [0.1, 0.15) is 5.75 Å². The summed E-state index contributed by atoms with van der Waals surface area (Å²) in [7, 11) is 0. The van der Waals surface area contributed by atoms with E-state index in [1.165, 1.54) is 0 Å². The molecule has 0 N–H and O–H groups in total. The lowest BCUT2D eigenvalue weighted by Crippen LogP contribution is -2.26. The molecular formula is C18H19ClO2. The van der Waals surface area contributed by atoms with E-state index in [0.29, 0.717) is 10.8 Å². The van der Waals surface area contributed by atoms with E-state index in [9.17, 15) is 4.79 Å². The van der Waals surface area contributed by atoms with E-state index < -0.39 is 5.41 Å². The number of rotatable bonds is 2. The highest BCUT2D eigenvalue weighted by Gasteiger charge is 2.25. The fourth-order valence-electron chi connectivity index (χ4n) is 1.94. The van der Waals surface area contributed by atoms with Crippen molar-refractivity contribution in [1.82, 2.24) is 0 Å². The van der Waals surface area contributed by atoms with Gasteiger partial charge in [-0.1, -0.05) is 41.9 Å². The average Bonchev–Trinajstić information content (AvgIpc) is 2.41. The van der Waals surface area contributed by atoms with Crippen LogP contribution in [0.5, 0.6) is 5.75 Å². The molecule has 0 saturated carbocycles. The van der Waals surface area contributed by atoms with Gasteiger partial charge in [0.2, 0.25) is 0 Å². The normalized spacial score (nSPS) is 11.3. The van der Waals surface area contributed by atoms with E-state index in [2.05, 4.69) is 0 Å². The molecule has 0 aliphatic rings. The molecule has 21 heavy (non-hydrogen) atoms. The van der Waals surface area contributed by atoms with Gasteiger partial charge >= 0.3 is 5.97 Å². The first-order chi connectivity index (χ1) is 9.79. The molecule has 2 nitrogen and oxygen atoms in total. The Hall–Kier alpha value is -1.80. The van der Waals surface area contributed by atoms with Crippen molar-refractivity contribution in [3.05, 3.63) is 53.1 Å². The molecule has 0 heterocycles. The second kappa shape index (κ2) is 5.90. The van der Waals surface area contributed by atoms with Crippen LogP contribution in [0.1, 0.15) is 26.3 Å². The summed E-state index contributed by atoms with van der Waals surface area (Å²) in [6.07, 6.45) is 0. The van der Waals surface area contributed by atoms with E-state index >= 15 is 0 Å². The summed E-state index contributed by atoms with van der Waals surface area (Å²) in [6, 6.07) is 13.4. The fraction of sp³-hybridized carbons (Fsp3) is 0.278. The van der Waals surface area contributed by atoms with Gasteiger partial charge in [-0.15, -0.1) is 0 Å². The van der Waals surface area contributed by atoms with Crippen LogP contribution in [0.4, 0.5) is 0 Å². The fourth-order valence-corrected chi connectivity index (χ4v) is 2.22. The SMILES string of the molecule is Cc1cc(Cl)cc(-c2ccccc2)c1OC(=O)C(C)(C)C. The standard InChI is InChI=1S/C18H19ClO2/c1-12-10-14(19)11-15(13-8-6-5-7-9-13)16(12)21-17(20)18(2,3)4/h5-11H,1-4H3. The van der Waals surface area contributed by atoms with Gasteiger partial charge in [0, 0.05) is 10.6 Å². The maximum absolute atomic E-state index is 12.2. The number of esters is 1. The Labute approximate surface area is 130 Å². The summed E-state index contributed by atoms with van der Waals surface area (Å²) in [6.45, 7) is 7.40. The Morgan fingerprint density at radius 1 is 1.10 bits per heavy atom. The summed E-state index contributed by atoms with van der Waals surface area (Å²) in [5.74, 6) is 0.315. The molecule has 0 bridgehead atoms. The topological polar surface area (TPSA) is 26.3 Å². The van der Waals surface area contributed by atoms with E-state index in [1.807, 2.05) is 64.1 Å². The van der Waals surface area contributed by atoms with Crippen LogP contribution < -0.4 is 4.74 Å². The third-order valence-electron chi connectivity index (χ3n) is 3.13. The van der Waals surface area contributed by atoms with Crippen LogP contribution in [0.2, 0.25) is 5.02 Å². The van der Waals surface area contributed by atoms with E-state index in [-0.39, 0.29) is 5.97 Å². The minimum absolute atomic E-state index is 0.259. The lowest BCUT2D eigenvalue weighted by Gasteiger charge is -2.20. The van der Waals surface area contributed by atoms with Gasteiger partial charge in [-0.05, 0) is 51.0 Å². The molecule has 2 aromatic rings. The average molecular weight is 303 g/mol. The third kappa shape index (κ3) is 3.64. The molecule has 2 aromatic carbocycles. The maximum Gasteiger partial charge on any atom is 0.316 e. The van der Waals surface area contributed by atoms with Gasteiger partial charge < -0.3 is 4.74 Å². The van der Waals surface area contributed by atoms with Gasteiger partial charge in [0.05, 0.1) is 5.41 Å². The molecule has 0 saturated heterocycles. The number of halogens is 1. The Kier molecular flexibility index (Phi) is 4.38. The molecule has 0 fully saturated rings. The first-order valence-corrected chi connectivity index (χ1v) is 7.24. The highest BCUT2D eigenvalue weighted by Crippen LogP contribution is 2.36.